The van der Waals surface area contributed by atoms with E-state index in [1.165, 1.54) is 6.26 Å². The van der Waals surface area contributed by atoms with Gasteiger partial charge in [0.1, 0.15) is 12.6 Å². The number of hydrogen-bond donors (Lipinski definition) is 0. The molecule has 1 aliphatic heterocycles. The van der Waals surface area contributed by atoms with Gasteiger partial charge in [0.05, 0.1) is 12.7 Å². The number of aryl methyl sites for hydroxylation is 3. The Bertz CT molecular complexity index is 685. The molecular weight excluding hydrogens is 296 g/mol. The number of aromatic nitrogens is 3. The highest BCUT2D eigenvalue weighted by Gasteiger charge is 2.26. The molecule has 1 fully saturated rings. The molecule has 2 aromatic rings. The minimum Gasteiger partial charge on any atom is -0.448 e. The summed E-state index contributed by atoms with van der Waals surface area (Å²) in [7, 11) is 0. The van der Waals surface area contributed by atoms with Crippen LogP contribution in [0, 0.1) is 13.8 Å². The van der Waals surface area contributed by atoms with Crippen molar-refractivity contribution in [1.82, 2.24) is 19.9 Å². The van der Waals surface area contributed by atoms with Crippen molar-refractivity contribution in [3.05, 3.63) is 41.6 Å². The molecule has 1 aliphatic rings. The summed E-state index contributed by atoms with van der Waals surface area (Å²) in [4.78, 5) is 26.6. The molecule has 1 unspecified atom stereocenters. The van der Waals surface area contributed by atoms with Crippen molar-refractivity contribution in [3.63, 3.8) is 0 Å². The quantitative estimate of drug-likeness (QED) is 0.851. The molecule has 1 saturated heterocycles. The smallest absolute Gasteiger partial charge is 0.275 e. The van der Waals surface area contributed by atoms with Gasteiger partial charge >= 0.3 is 0 Å². The van der Waals surface area contributed by atoms with Crippen LogP contribution >= 0.6 is 0 Å². The summed E-state index contributed by atoms with van der Waals surface area (Å²) in [5, 5.41) is 0. The zero-order chi connectivity index (χ0) is 16.2. The van der Waals surface area contributed by atoms with Crippen LogP contribution in [-0.2, 0) is 11.2 Å². The Morgan fingerprint density at radius 2 is 2.26 bits per heavy atom. The summed E-state index contributed by atoms with van der Waals surface area (Å²) in [5.74, 6) is 0.394. The van der Waals surface area contributed by atoms with Crippen molar-refractivity contribution in [2.75, 3.05) is 19.7 Å². The van der Waals surface area contributed by atoms with Gasteiger partial charge in [-0.25, -0.2) is 15.0 Å². The second kappa shape index (κ2) is 6.87. The van der Waals surface area contributed by atoms with Crippen molar-refractivity contribution in [2.45, 2.75) is 32.8 Å². The number of carbonyl (C=O) groups is 1. The van der Waals surface area contributed by atoms with Crippen LogP contribution in [0.3, 0.4) is 0 Å². The third-order valence-electron chi connectivity index (χ3n) is 3.85. The SMILES string of the molecule is Cc1cc(CCC2CN(C(=O)c3coc(C)n3)CCO2)ncn1. The number of hydrogen-bond acceptors (Lipinski definition) is 6. The number of amides is 1. The molecule has 0 radical (unpaired) electrons. The van der Waals surface area contributed by atoms with Gasteiger partial charge in [0.15, 0.2) is 11.6 Å². The second-order valence-corrected chi connectivity index (χ2v) is 5.69. The first-order chi connectivity index (χ1) is 11.1. The van der Waals surface area contributed by atoms with Gasteiger partial charge in [0.2, 0.25) is 0 Å². The van der Waals surface area contributed by atoms with Crippen LogP contribution in [0.4, 0.5) is 0 Å². The highest BCUT2D eigenvalue weighted by atomic mass is 16.5. The number of nitrogens with zero attached hydrogens (tertiary/aromatic N) is 4. The Hall–Kier alpha value is -2.28. The third kappa shape index (κ3) is 3.92. The molecule has 122 valence electrons. The highest BCUT2D eigenvalue weighted by Crippen LogP contribution is 2.14. The summed E-state index contributed by atoms with van der Waals surface area (Å²) in [5.41, 5.74) is 2.31. The lowest BCUT2D eigenvalue weighted by molar-refractivity contribution is -0.0248. The molecule has 3 rings (SSSR count). The van der Waals surface area contributed by atoms with Gasteiger partial charge in [-0.3, -0.25) is 4.79 Å². The van der Waals surface area contributed by atoms with Crippen LogP contribution in [0.2, 0.25) is 0 Å². The summed E-state index contributed by atoms with van der Waals surface area (Å²) in [6.45, 7) is 5.35. The Morgan fingerprint density at radius 1 is 1.39 bits per heavy atom. The van der Waals surface area contributed by atoms with Crippen LogP contribution in [0.15, 0.2) is 23.1 Å². The number of ether oxygens (including phenoxy) is 1. The van der Waals surface area contributed by atoms with Crippen LogP contribution in [-0.4, -0.2) is 51.6 Å². The zero-order valence-corrected chi connectivity index (χ0v) is 13.4. The van der Waals surface area contributed by atoms with E-state index in [1.54, 1.807) is 18.2 Å². The maximum atomic E-state index is 12.4. The van der Waals surface area contributed by atoms with E-state index in [0.717, 1.165) is 24.2 Å². The van der Waals surface area contributed by atoms with Gasteiger partial charge in [0, 0.05) is 31.4 Å². The Kier molecular flexibility index (Phi) is 4.66. The third-order valence-corrected chi connectivity index (χ3v) is 3.85. The average Bonchev–Trinajstić information content (AvgIpc) is 2.99. The number of oxazole rings is 1. The minimum atomic E-state index is -0.104. The molecule has 1 atom stereocenters. The van der Waals surface area contributed by atoms with Crippen LogP contribution in [0.1, 0.15) is 34.2 Å². The fourth-order valence-electron chi connectivity index (χ4n) is 2.66. The summed E-state index contributed by atoms with van der Waals surface area (Å²) < 4.78 is 10.9. The van der Waals surface area contributed by atoms with Crippen LogP contribution < -0.4 is 0 Å². The van der Waals surface area contributed by atoms with E-state index in [1.807, 2.05) is 13.0 Å². The minimum absolute atomic E-state index is 0.0102. The first-order valence-electron chi connectivity index (χ1n) is 7.72. The lowest BCUT2D eigenvalue weighted by Gasteiger charge is -2.32. The molecule has 0 bridgehead atoms. The van der Waals surface area contributed by atoms with Gasteiger partial charge in [-0.15, -0.1) is 0 Å². The largest absolute Gasteiger partial charge is 0.448 e. The molecule has 0 N–H and O–H groups in total. The van der Waals surface area contributed by atoms with Gasteiger partial charge in [-0.05, 0) is 25.8 Å². The fourth-order valence-corrected chi connectivity index (χ4v) is 2.66. The van der Waals surface area contributed by atoms with Crippen molar-refractivity contribution in [1.29, 1.82) is 0 Å². The molecule has 0 aliphatic carbocycles. The molecular formula is C16H20N4O3. The van der Waals surface area contributed by atoms with Gasteiger partial charge in [-0.1, -0.05) is 0 Å². The average molecular weight is 316 g/mol. The molecule has 0 saturated carbocycles. The molecule has 7 nitrogen and oxygen atoms in total. The van der Waals surface area contributed by atoms with Crippen molar-refractivity contribution in [3.8, 4) is 0 Å². The van der Waals surface area contributed by atoms with E-state index in [2.05, 4.69) is 15.0 Å². The van der Waals surface area contributed by atoms with E-state index in [4.69, 9.17) is 9.15 Å². The lowest BCUT2D eigenvalue weighted by Crippen LogP contribution is -2.45. The first kappa shape index (κ1) is 15.6. The molecule has 0 spiro atoms. The maximum Gasteiger partial charge on any atom is 0.275 e. The lowest BCUT2D eigenvalue weighted by atomic mass is 10.1. The molecule has 1 amide bonds. The predicted molar refractivity (Wildman–Crippen MR) is 82.0 cm³/mol. The number of rotatable bonds is 4. The first-order valence-corrected chi connectivity index (χ1v) is 7.72. The standard InChI is InChI=1S/C16H20N4O3/c1-11-7-13(18-10-17-11)3-4-14-8-20(5-6-22-14)16(21)15-9-23-12(2)19-15/h7,9-10,14H,3-6,8H2,1-2H3. The Balaban J connectivity index is 1.56. The monoisotopic (exact) mass is 316 g/mol. The number of morpholine rings is 1. The normalized spacial score (nSPS) is 18.2. The van der Waals surface area contributed by atoms with Crippen molar-refractivity contribution >= 4 is 5.91 Å². The van der Waals surface area contributed by atoms with Gasteiger partial charge < -0.3 is 14.1 Å². The van der Waals surface area contributed by atoms with Crippen molar-refractivity contribution in [2.24, 2.45) is 0 Å². The highest BCUT2D eigenvalue weighted by molar-refractivity contribution is 5.92. The zero-order valence-electron chi connectivity index (χ0n) is 13.4. The van der Waals surface area contributed by atoms with E-state index in [-0.39, 0.29) is 12.0 Å². The van der Waals surface area contributed by atoms with E-state index < -0.39 is 0 Å². The van der Waals surface area contributed by atoms with Crippen molar-refractivity contribution < 1.29 is 13.9 Å². The van der Waals surface area contributed by atoms with Gasteiger partial charge in [0.25, 0.3) is 5.91 Å². The Morgan fingerprint density at radius 3 is 3.00 bits per heavy atom. The maximum absolute atomic E-state index is 12.4. The summed E-state index contributed by atoms with van der Waals surface area (Å²) in [6, 6.07) is 1.98. The van der Waals surface area contributed by atoms with E-state index in [0.29, 0.717) is 31.3 Å². The van der Waals surface area contributed by atoms with Crippen LogP contribution in [0.5, 0.6) is 0 Å². The summed E-state index contributed by atoms with van der Waals surface area (Å²) >= 11 is 0. The molecule has 7 heteroatoms. The molecule has 3 heterocycles. The fraction of sp³-hybridized carbons (Fsp3) is 0.500. The Labute approximate surface area is 134 Å². The predicted octanol–water partition coefficient (Wildman–Crippen LogP) is 1.56. The summed E-state index contributed by atoms with van der Waals surface area (Å²) in [6.07, 6.45) is 4.62. The van der Waals surface area contributed by atoms with E-state index >= 15 is 0 Å². The number of carbonyl (C=O) groups excluding carboxylic acids is 1. The van der Waals surface area contributed by atoms with E-state index in [9.17, 15) is 4.79 Å². The molecule has 2 aromatic heterocycles. The second-order valence-electron chi connectivity index (χ2n) is 5.69. The molecule has 23 heavy (non-hydrogen) atoms. The van der Waals surface area contributed by atoms with Crippen LogP contribution in [0.25, 0.3) is 0 Å². The molecule has 0 aromatic carbocycles. The topological polar surface area (TPSA) is 81.4 Å². The van der Waals surface area contributed by atoms with Gasteiger partial charge in [-0.2, -0.15) is 0 Å².